The van der Waals surface area contributed by atoms with Crippen LogP contribution in [-0.4, -0.2) is 66.8 Å². The van der Waals surface area contributed by atoms with Crippen molar-refractivity contribution in [2.45, 2.75) is 111 Å². The van der Waals surface area contributed by atoms with Crippen LogP contribution in [0.2, 0.25) is 0 Å². The third kappa shape index (κ3) is 11.4. The van der Waals surface area contributed by atoms with Gasteiger partial charge in [-0.3, -0.25) is 24.5 Å². The van der Waals surface area contributed by atoms with Gasteiger partial charge < -0.3 is 24.7 Å². The lowest BCUT2D eigenvalue weighted by atomic mass is 9.78. The zero-order valence-electron chi connectivity index (χ0n) is 40.5. The van der Waals surface area contributed by atoms with Crippen LogP contribution in [0.15, 0.2) is 97.3 Å². The monoisotopic (exact) mass is 895 g/mol. The van der Waals surface area contributed by atoms with Gasteiger partial charge in [0.05, 0.1) is 42.4 Å². The van der Waals surface area contributed by atoms with E-state index in [1.165, 1.54) is 11.1 Å². The summed E-state index contributed by atoms with van der Waals surface area (Å²) in [5.74, 6) is 3.19. The summed E-state index contributed by atoms with van der Waals surface area (Å²) in [6, 6.07) is 27.8. The molecule has 6 atom stereocenters. The SMILES string of the molecule is CCC(CN)C(CCC(Oc1ccc(O[C@H](c2ccnc3ccc(OC)cc23)[C@@H]2CCCN2C(C)CC)c(C=O)c1C=O)c1ccnc2ccc(OC)cc12)C(C)C.Cc1ccccc1C. The predicted octanol–water partition coefficient (Wildman–Crippen LogP) is 12.3. The third-order valence-electron chi connectivity index (χ3n) is 13.9. The fraction of sp³-hybridized carbons (Fsp3) is 0.429. The number of aldehydes is 2. The largest absolute Gasteiger partial charge is 0.497 e. The summed E-state index contributed by atoms with van der Waals surface area (Å²) in [6.07, 6.45) is 9.45. The molecule has 1 aliphatic heterocycles. The van der Waals surface area contributed by atoms with E-state index < -0.39 is 12.2 Å². The number of fused-ring (bicyclic) bond motifs is 2. The van der Waals surface area contributed by atoms with Crippen molar-refractivity contribution in [2.24, 2.45) is 23.5 Å². The number of methoxy groups -OCH3 is 2. The Morgan fingerprint density at radius 2 is 1.29 bits per heavy atom. The van der Waals surface area contributed by atoms with Crippen molar-refractivity contribution in [1.82, 2.24) is 14.9 Å². The molecule has 10 nitrogen and oxygen atoms in total. The van der Waals surface area contributed by atoms with Gasteiger partial charge in [0.15, 0.2) is 12.6 Å². The molecule has 1 aliphatic rings. The number of aromatic nitrogens is 2. The van der Waals surface area contributed by atoms with Crippen LogP contribution in [0.1, 0.15) is 128 Å². The average molecular weight is 895 g/mol. The number of nitrogens with zero attached hydrogens (tertiary/aromatic N) is 3. The Morgan fingerprint density at radius 1 is 0.727 bits per heavy atom. The van der Waals surface area contributed by atoms with Gasteiger partial charge in [-0.2, -0.15) is 0 Å². The Kier molecular flexibility index (Phi) is 17.7. The highest BCUT2D eigenvalue weighted by atomic mass is 16.5. The van der Waals surface area contributed by atoms with Crippen molar-refractivity contribution in [3.63, 3.8) is 0 Å². The molecule has 0 amide bonds. The first kappa shape index (κ1) is 49.6. The molecular formula is C56H70N4O6. The minimum atomic E-state index is -0.480. The molecule has 1 fully saturated rings. The molecule has 0 spiro atoms. The topological polar surface area (TPSA) is 126 Å². The molecule has 4 aromatic carbocycles. The predicted molar refractivity (Wildman–Crippen MR) is 266 cm³/mol. The standard InChI is InChI=1S/C48H60N4O6.C8H10/c1-8-31(5)52-24-10-11-44(52)48(37-21-23-51-43-16-13-34(56-7)26-39(37)43)58-47-19-18-46(40(28-53)41(47)29-54)57-45(17-14-35(30(3)4)32(9-2)27-49)36-20-22-50-42-15-12-33(55-6)25-38(36)42;1-7-5-3-4-6-8(7)2/h12-13,15-16,18-23,25-26,28-32,35,44-45,48H,8-11,14,17,24,27,49H2,1-7H3;3-6H,1-2H3/t31?,32?,35?,44-,45?,48+;/m0./s1. The summed E-state index contributed by atoms with van der Waals surface area (Å²) >= 11 is 0. The fourth-order valence-electron chi connectivity index (χ4n) is 9.72. The molecule has 2 N–H and O–H groups in total. The van der Waals surface area contributed by atoms with Crippen LogP contribution in [0, 0.1) is 31.6 Å². The second-order valence-corrected chi connectivity index (χ2v) is 18.0. The van der Waals surface area contributed by atoms with E-state index >= 15 is 0 Å². The Morgan fingerprint density at radius 3 is 1.79 bits per heavy atom. The Balaban J connectivity index is 0.000000813. The lowest BCUT2D eigenvalue weighted by Gasteiger charge is -2.36. The van der Waals surface area contributed by atoms with Crippen LogP contribution in [-0.2, 0) is 0 Å². The lowest BCUT2D eigenvalue weighted by molar-refractivity contribution is 0.0686. The first-order valence-electron chi connectivity index (χ1n) is 23.7. The van der Waals surface area contributed by atoms with Crippen LogP contribution >= 0.6 is 0 Å². The van der Waals surface area contributed by atoms with E-state index in [2.05, 4.69) is 87.6 Å². The molecule has 10 heteroatoms. The summed E-state index contributed by atoms with van der Waals surface area (Å²) in [5, 5.41) is 1.81. The highest BCUT2D eigenvalue weighted by Gasteiger charge is 2.38. The maximum Gasteiger partial charge on any atom is 0.154 e. The van der Waals surface area contributed by atoms with Gasteiger partial charge in [0.25, 0.3) is 0 Å². The minimum absolute atomic E-state index is 0.0116. The number of benzene rings is 4. The number of pyridine rings is 2. The lowest BCUT2D eigenvalue weighted by Crippen LogP contribution is -2.42. The van der Waals surface area contributed by atoms with Gasteiger partial charge in [0.2, 0.25) is 0 Å². The molecule has 0 saturated carbocycles. The van der Waals surface area contributed by atoms with Gasteiger partial charge in [0.1, 0.15) is 35.2 Å². The van der Waals surface area contributed by atoms with E-state index in [-0.39, 0.29) is 17.2 Å². The zero-order chi connectivity index (χ0) is 47.3. The second kappa shape index (κ2) is 23.6. The van der Waals surface area contributed by atoms with Crippen molar-refractivity contribution in [2.75, 3.05) is 27.3 Å². The normalized spacial score (nSPS) is 16.2. The molecule has 1 saturated heterocycles. The number of aryl methyl sites for hydroxylation is 2. The van der Waals surface area contributed by atoms with Crippen LogP contribution in [0.5, 0.6) is 23.0 Å². The third-order valence-corrected chi connectivity index (χ3v) is 13.9. The van der Waals surface area contributed by atoms with Crippen LogP contribution in [0.3, 0.4) is 0 Å². The zero-order valence-corrected chi connectivity index (χ0v) is 40.5. The minimum Gasteiger partial charge on any atom is -0.497 e. The molecule has 4 unspecified atom stereocenters. The number of rotatable bonds is 20. The first-order valence-corrected chi connectivity index (χ1v) is 23.7. The van der Waals surface area contributed by atoms with Gasteiger partial charge in [-0.25, -0.2) is 0 Å². The first-order chi connectivity index (χ1) is 32.0. The van der Waals surface area contributed by atoms with Crippen molar-refractivity contribution in [3.05, 3.63) is 131 Å². The van der Waals surface area contributed by atoms with Crippen molar-refractivity contribution < 1.29 is 28.5 Å². The van der Waals surface area contributed by atoms with Crippen molar-refractivity contribution >= 4 is 34.4 Å². The summed E-state index contributed by atoms with van der Waals surface area (Å²) in [7, 11) is 3.29. The number of hydrogen-bond donors (Lipinski definition) is 1. The Hall–Kier alpha value is -5.84. The maximum absolute atomic E-state index is 13.2. The van der Waals surface area contributed by atoms with Gasteiger partial charge in [0, 0.05) is 40.3 Å². The summed E-state index contributed by atoms with van der Waals surface area (Å²) in [4.78, 5) is 38.1. The van der Waals surface area contributed by atoms with E-state index in [1.807, 2.05) is 48.5 Å². The van der Waals surface area contributed by atoms with Crippen molar-refractivity contribution in [3.8, 4) is 23.0 Å². The van der Waals surface area contributed by atoms with E-state index in [0.29, 0.717) is 72.3 Å². The van der Waals surface area contributed by atoms with E-state index in [9.17, 15) is 9.59 Å². The van der Waals surface area contributed by atoms with E-state index in [0.717, 1.165) is 71.6 Å². The number of hydrogen-bond acceptors (Lipinski definition) is 10. The highest BCUT2D eigenvalue weighted by Crippen LogP contribution is 2.42. The van der Waals surface area contributed by atoms with E-state index in [1.54, 1.807) is 38.7 Å². The number of likely N-dealkylation sites (tertiary alicyclic amines) is 1. The van der Waals surface area contributed by atoms with Crippen molar-refractivity contribution in [1.29, 1.82) is 0 Å². The van der Waals surface area contributed by atoms with Crippen LogP contribution < -0.4 is 24.7 Å². The van der Waals surface area contributed by atoms with Crippen LogP contribution in [0.25, 0.3) is 21.8 Å². The molecule has 350 valence electrons. The summed E-state index contributed by atoms with van der Waals surface area (Å²) < 4.78 is 25.2. The second-order valence-electron chi connectivity index (χ2n) is 18.0. The molecular weight excluding hydrogens is 825 g/mol. The highest BCUT2D eigenvalue weighted by molar-refractivity contribution is 5.96. The van der Waals surface area contributed by atoms with Gasteiger partial charge in [-0.05, 0) is 156 Å². The van der Waals surface area contributed by atoms with E-state index in [4.69, 9.17) is 24.7 Å². The molecule has 7 rings (SSSR count). The van der Waals surface area contributed by atoms with Crippen LogP contribution in [0.4, 0.5) is 0 Å². The summed E-state index contributed by atoms with van der Waals surface area (Å²) in [5.41, 5.74) is 12.8. The molecule has 2 aromatic heterocycles. The molecule has 3 heterocycles. The quantitative estimate of drug-likeness (QED) is 0.0740. The molecule has 0 aliphatic carbocycles. The Labute approximate surface area is 392 Å². The molecule has 6 aromatic rings. The average Bonchev–Trinajstić information content (AvgIpc) is 3.84. The molecule has 0 radical (unpaired) electrons. The molecule has 66 heavy (non-hydrogen) atoms. The smallest absolute Gasteiger partial charge is 0.154 e. The maximum atomic E-state index is 13.2. The number of nitrogens with two attached hydrogens (primary N) is 1. The molecule has 0 bridgehead atoms. The fourth-order valence-corrected chi connectivity index (χ4v) is 9.72. The summed E-state index contributed by atoms with van der Waals surface area (Å²) in [6.45, 7) is 16.9. The van der Waals surface area contributed by atoms with Gasteiger partial charge >= 0.3 is 0 Å². The number of carbonyl (C=O) groups excluding carboxylic acids is 2. The number of ether oxygens (including phenoxy) is 4. The van der Waals surface area contributed by atoms with Gasteiger partial charge in [-0.1, -0.05) is 58.4 Å². The number of carbonyl (C=O) groups is 2. The Bertz CT molecular complexity index is 2520. The van der Waals surface area contributed by atoms with Gasteiger partial charge in [-0.15, -0.1) is 0 Å².